The van der Waals surface area contributed by atoms with Crippen molar-refractivity contribution < 1.29 is 23.1 Å². The van der Waals surface area contributed by atoms with Gasteiger partial charge in [-0.15, -0.1) is 0 Å². The molecule has 3 heterocycles. The molecule has 0 aliphatic carbocycles. The maximum atomic E-state index is 13.6. The number of nitrogens with one attached hydrogen (secondary N) is 3. The number of hydrogen-bond acceptors (Lipinski definition) is 8. The fourth-order valence-electron chi connectivity index (χ4n) is 4.36. The molecule has 4 N–H and O–H groups in total. The van der Waals surface area contributed by atoms with Crippen molar-refractivity contribution in [2.75, 3.05) is 36.1 Å². The van der Waals surface area contributed by atoms with Gasteiger partial charge in [0, 0.05) is 55.8 Å². The molecule has 1 fully saturated rings. The van der Waals surface area contributed by atoms with Crippen LogP contribution in [0, 0.1) is 6.92 Å². The highest BCUT2D eigenvalue weighted by molar-refractivity contribution is 6.04. The van der Waals surface area contributed by atoms with Crippen molar-refractivity contribution in [1.82, 2.24) is 24.6 Å². The van der Waals surface area contributed by atoms with Crippen LogP contribution in [0.5, 0.6) is 0 Å². The predicted molar refractivity (Wildman–Crippen MR) is 144 cm³/mol. The Kier molecular flexibility index (Phi) is 7.41. The molecule has 0 spiro atoms. The summed E-state index contributed by atoms with van der Waals surface area (Å²) in [5.74, 6) is 1.08. The van der Waals surface area contributed by atoms with Crippen molar-refractivity contribution in [1.29, 1.82) is 0 Å². The number of carbonyl (C=O) groups excluding carboxylic acids is 1. The lowest BCUT2D eigenvalue weighted by molar-refractivity contribution is -0.137. The molecule has 1 amide bonds. The SMILES string of the molecule is CNc1cc(-n2nccc2Nc2cc(NC(=O)c3cc(CN4CC(O)C4)cc(C(F)(F)F)c3)ccc2C)ncn1. The van der Waals surface area contributed by atoms with Gasteiger partial charge in [0.05, 0.1) is 17.9 Å². The molecule has 5 rings (SSSR count). The third-order valence-corrected chi connectivity index (χ3v) is 6.45. The molecule has 0 bridgehead atoms. The van der Waals surface area contributed by atoms with E-state index in [2.05, 4.69) is 31.0 Å². The smallest absolute Gasteiger partial charge is 0.390 e. The van der Waals surface area contributed by atoms with Gasteiger partial charge in [-0.25, -0.2) is 9.97 Å². The molecule has 1 aliphatic rings. The van der Waals surface area contributed by atoms with E-state index in [0.29, 0.717) is 47.5 Å². The van der Waals surface area contributed by atoms with Crippen molar-refractivity contribution in [3.63, 3.8) is 0 Å². The van der Waals surface area contributed by atoms with E-state index in [9.17, 15) is 23.1 Å². The molecule has 0 radical (unpaired) electrons. The Morgan fingerprint density at radius 3 is 2.62 bits per heavy atom. The third-order valence-electron chi connectivity index (χ3n) is 6.45. The highest BCUT2D eigenvalue weighted by Gasteiger charge is 2.32. The summed E-state index contributed by atoms with van der Waals surface area (Å²) in [5.41, 5.74) is 1.25. The Hall–Kier alpha value is -4.49. The van der Waals surface area contributed by atoms with Crippen LogP contribution in [0.25, 0.3) is 5.82 Å². The molecule has 1 saturated heterocycles. The van der Waals surface area contributed by atoms with Gasteiger partial charge in [0.1, 0.15) is 18.0 Å². The molecule has 2 aromatic heterocycles. The number of anilines is 4. The summed E-state index contributed by atoms with van der Waals surface area (Å²) < 4.78 is 42.4. The van der Waals surface area contributed by atoms with Crippen LogP contribution in [-0.2, 0) is 12.7 Å². The Morgan fingerprint density at radius 1 is 1.10 bits per heavy atom. The molecular weight excluding hydrogens is 525 g/mol. The molecule has 0 saturated carbocycles. The van der Waals surface area contributed by atoms with E-state index in [1.165, 1.54) is 12.4 Å². The number of halogens is 3. The first-order valence-corrected chi connectivity index (χ1v) is 12.4. The number of carbonyl (C=O) groups is 1. The van der Waals surface area contributed by atoms with Crippen molar-refractivity contribution in [2.24, 2.45) is 0 Å². The number of aromatic nitrogens is 4. The van der Waals surface area contributed by atoms with Gasteiger partial charge >= 0.3 is 6.18 Å². The summed E-state index contributed by atoms with van der Waals surface area (Å²) in [4.78, 5) is 23.3. The maximum Gasteiger partial charge on any atom is 0.416 e. The summed E-state index contributed by atoms with van der Waals surface area (Å²) in [6.07, 6.45) is -2.07. The van der Waals surface area contributed by atoms with Gasteiger partial charge in [-0.3, -0.25) is 9.69 Å². The second-order valence-corrected chi connectivity index (χ2v) is 9.51. The van der Waals surface area contributed by atoms with Crippen LogP contribution in [0.15, 0.2) is 61.1 Å². The van der Waals surface area contributed by atoms with Crippen LogP contribution < -0.4 is 16.0 Å². The lowest BCUT2D eigenvalue weighted by Gasteiger charge is -2.36. The summed E-state index contributed by atoms with van der Waals surface area (Å²) in [7, 11) is 1.75. The Bertz CT molecular complexity index is 1530. The standard InChI is InChI=1S/C27H27F3N8O2/c1-16-3-4-20(10-22(16)36-24-5-6-34-38(24)25-11-23(31-2)32-15-33-25)35-26(40)18-7-17(12-37-13-21(39)14-37)8-19(9-18)27(28,29)30/h3-11,15,21,36,39H,12-14H2,1-2H3,(H,35,40)(H,31,32,33). The first-order chi connectivity index (χ1) is 19.1. The Labute approximate surface area is 227 Å². The van der Waals surface area contributed by atoms with Crippen LogP contribution >= 0.6 is 0 Å². The van der Waals surface area contributed by atoms with Gasteiger partial charge in [0.15, 0.2) is 5.82 Å². The Morgan fingerprint density at radius 2 is 1.90 bits per heavy atom. The number of aliphatic hydroxyl groups excluding tert-OH is 1. The predicted octanol–water partition coefficient (Wildman–Crippen LogP) is 4.20. The first-order valence-electron chi connectivity index (χ1n) is 12.4. The van der Waals surface area contributed by atoms with E-state index in [1.54, 1.807) is 48.3 Å². The topological polar surface area (TPSA) is 120 Å². The Balaban J connectivity index is 1.37. The van der Waals surface area contributed by atoms with Gasteiger partial charge < -0.3 is 21.1 Å². The van der Waals surface area contributed by atoms with Gasteiger partial charge in [0.25, 0.3) is 5.91 Å². The molecule has 0 unspecified atom stereocenters. The summed E-state index contributed by atoms with van der Waals surface area (Å²) in [5, 5.41) is 22.8. The zero-order valence-corrected chi connectivity index (χ0v) is 21.7. The van der Waals surface area contributed by atoms with E-state index in [1.807, 2.05) is 11.8 Å². The molecule has 4 aromatic rings. The fourth-order valence-corrected chi connectivity index (χ4v) is 4.36. The number of alkyl halides is 3. The number of rotatable bonds is 8. The number of hydrogen-bond donors (Lipinski definition) is 4. The van der Waals surface area contributed by atoms with Crippen LogP contribution in [0.3, 0.4) is 0 Å². The zero-order valence-electron chi connectivity index (χ0n) is 21.7. The van der Waals surface area contributed by atoms with Crippen molar-refractivity contribution in [2.45, 2.75) is 25.7 Å². The molecule has 208 valence electrons. The number of aliphatic hydroxyl groups is 1. The highest BCUT2D eigenvalue weighted by atomic mass is 19.4. The molecular formula is C27H27F3N8O2. The van der Waals surface area contributed by atoms with E-state index in [-0.39, 0.29) is 12.1 Å². The molecule has 1 aliphatic heterocycles. The third kappa shape index (κ3) is 6.05. The van der Waals surface area contributed by atoms with Gasteiger partial charge in [0.2, 0.25) is 0 Å². The normalized spacial score (nSPS) is 14.1. The van der Waals surface area contributed by atoms with Gasteiger partial charge in [-0.1, -0.05) is 6.07 Å². The van der Waals surface area contributed by atoms with Crippen molar-refractivity contribution in [3.8, 4) is 5.82 Å². The van der Waals surface area contributed by atoms with Crippen LogP contribution in [0.1, 0.15) is 27.0 Å². The molecule has 0 atom stereocenters. The summed E-state index contributed by atoms with van der Waals surface area (Å²) in [6, 6.07) is 12.0. The highest BCUT2D eigenvalue weighted by Crippen LogP contribution is 2.32. The van der Waals surface area contributed by atoms with Crippen molar-refractivity contribution in [3.05, 3.63) is 83.3 Å². The molecule has 13 heteroatoms. The minimum atomic E-state index is -4.61. The zero-order chi connectivity index (χ0) is 28.4. The number of amides is 1. The minimum absolute atomic E-state index is 0.108. The van der Waals surface area contributed by atoms with E-state index < -0.39 is 23.8 Å². The lowest BCUT2D eigenvalue weighted by Crippen LogP contribution is -2.49. The summed E-state index contributed by atoms with van der Waals surface area (Å²) in [6.45, 7) is 2.84. The number of nitrogens with zero attached hydrogens (tertiary/aromatic N) is 5. The number of likely N-dealkylation sites (tertiary alicyclic amines) is 1. The van der Waals surface area contributed by atoms with Gasteiger partial charge in [-0.05, 0) is 48.4 Å². The molecule has 10 nitrogen and oxygen atoms in total. The van der Waals surface area contributed by atoms with Crippen LogP contribution in [-0.4, -0.2) is 61.9 Å². The first kappa shape index (κ1) is 27.1. The van der Waals surface area contributed by atoms with E-state index in [0.717, 1.165) is 17.7 Å². The van der Waals surface area contributed by atoms with E-state index >= 15 is 0 Å². The largest absolute Gasteiger partial charge is 0.416 e. The average Bonchev–Trinajstić information content (AvgIpc) is 3.37. The van der Waals surface area contributed by atoms with Crippen LogP contribution in [0.2, 0.25) is 0 Å². The number of benzene rings is 2. The van der Waals surface area contributed by atoms with Crippen molar-refractivity contribution >= 4 is 28.9 Å². The second kappa shape index (κ2) is 10.9. The lowest BCUT2D eigenvalue weighted by atomic mass is 10.0. The van der Waals surface area contributed by atoms with E-state index in [4.69, 9.17) is 0 Å². The minimum Gasteiger partial charge on any atom is -0.390 e. The molecule has 2 aromatic carbocycles. The summed E-state index contributed by atoms with van der Waals surface area (Å²) >= 11 is 0. The average molecular weight is 553 g/mol. The second-order valence-electron chi connectivity index (χ2n) is 9.51. The maximum absolute atomic E-state index is 13.6. The fraction of sp³-hybridized carbons (Fsp3) is 0.259. The monoisotopic (exact) mass is 552 g/mol. The number of β-amino-alcohol motifs (C(OH)–C–C–N with tert-alkyl or cyclic N) is 1. The quantitative estimate of drug-likeness (QED) is 0.257. The van der Waals surface area contributed by atoms with Crippen LogP contribution in [0.4, 0.5) is 36.2 Å². The number of aryl methyl sites for hydroxylation is 1. The van der Waals surface area contributed by atoms with Gasteiger partial charge in [-0.2, -0.15) is 23.0 Å². The molecule has 40 heavy (non-hydrogen) atoms.